The first-order valence-electron chi connectivity index (χ1n) is 11.6. The van der Waals surface area contributed by atoms with E-state index in [-0.39, 0.29) is 24.0 Å². The average Bonchev–Trinajstić information content (AvgIpc) is 3.34. The van der Waals surface area contributed by atoms with Crippen molar-refractivity contribution in [3.63, 3.8) is 0 Å². The zero-order valence-electron chi connectivity index (χ0n) is 20.0. The molecule has 3 aromatic rings. The molecule has 36 heavy (non-hydrogen) atoms. The minimum absolute atomic E-state index is 0.0108. The van der Waals surface area contributed by atoms with E-state index in [1.807, 2.05) is 24.3 Å². The Hall–Kier alpha value is -3.73. The highest BCUT2D eigenvalue weighted by atomic mass is 32.2. The van der Waals surface area contributed by atoms with Crippen molar-refractivity contribution in [3.05, 3.63) is 52.3 Å². The number of hydrogen-bond donors (Lipinski definition) is 2. The van der Waals surface area contributed by atoms with Crippen LogP contribution >= 0.6 is 11.8 Å². The second kappa shape index (κ2) is 11.8. The number of nitrogens with one attached hydrogen (secondary N) is 1. The largest absolute Gasteiger partial charge is 0.497 e. The number of thioether (sulfide) groups is 1. The maximum Gasteiger partial charge on any atom is 0.262 e. The molecule has 190 valence electrons. The quantitative estimate of drug-likeness (QED) is 0.215. The molecule has 0 bridgehead atoms. The molecule has 2 aromatic carbocycles. The fourth-order valence-corrected chi connectivity index (χ4v) is 4.56. The molecule has 0 saturated carbocycles. The van der Waals surface area contributed by atoms with Crippen molar-refractivity contribution >= 4 is 34.5 Å². The SMILES string of the molecule is COc1ccc(CNC(=O)CCCCCn2c(SCC(N)=O)nc3cc4c(cc3c2=O)OCO4)cc1. The Labute approximate surface area is 212 Å². The normalized spacial score (nSPS) is 12.0. The van der Waals surface area contributed by atoms with Gasteiger partial charge in [-0.1, -0.05) is 30.3 Å². The first kappa shape index (κ1) is 25.4. The summed E-state index contributed by atoms with van der Waals surface area (Å²) in [5.74, 6) is 1.30. The molecule has 0 fully saturated rings. The van der Waals surface area contributed by atoms with Gasteiger partial charge in [0, 0.05) is 25.6 Å². The highest BCUT2D eigenvalue weighted by Gasteiger charge is 2.19. The van der Waals surface area contributed by atoms with Crippen molar-refractivity contribution in [1.29, 1.82) is 0 Å². The Morgan fingerprint density at radius 3 is 2.61 bits per heavy atom. The second-order valence-corrected chi connectivity index (χ2v) is 9.21. The van der Waals surface area contributed by atoms with E-state index in [1.165, 1.54) is 0 Å². The predicted molar refractivity (Wildman–Crippen MR) is 135 cm³/mol. The lowest BCUT2D eigenvalue weighted by Crippen LogP contribution is -2.25. The van der Waals surface area contributed by atoms with Gasteiger partial charge in [-0.25, -0.2) is 4.98 Å². The Morgan fingerprint density at radius 1 is 1.14 bits per heavy atom. The Morgan fingerprint density at radius 2 is 1.89 bits per heavy atom. The van der Waals surface area contributed by atoms with Gasteiger partial charge in [-0.3, -0.25) is 19.0 Å². The lowest BCUT2D eigenvalue weighted by atomic mass is 10.1. The van der Waals surface area contributed by atoms with Gasteiger partial charge in [-0.2, -0.15) is 0 Å². The molecular formula is C25H28N4O6S. The number of unbranched alkanes of at least 4 members (excludes halogenated alkanes) is 2. The number of fused-ring (bicyclic) bond motifs is 2. The molecule has 0 saturated heterocycles. The van der Waals surface area contributed by atoms with E-state index in [9.17, 15) is 14.4 Å². The van der Waals surface area contributed by atoms with Crippen molar-refractivity contribution in [2.45, 2.75) is 43.9 Å². The first-order chi connectivity index (χ1) is 17.4. The number of carbonyl (C=O) groups excluding carboxylic acids is 2. The molecule has 0 radical (unpaired) electrons. The van der Waals surface area contributed by atoms with Gasteiger partial charge in [0.25, 0.3) is 5.56 Å². The Bertz CT molecular complexity index is 1310. The Balaban J connectivity index is 1.33. The number of benzene rings is 2. The molecule has 4 rings (SSSR count). The van der Waals surface area contributed by atoms with Crippen LogP contribution in [0.2, 0.25) is 0 Å². The lowest BCUT2D eigenvalue weighted by Gasteiger charge is -2.13. The number of hydrogen-bond acceptors (Lipinski definition) is 8. The van der Waals surface area contributed by atoms with E-state index in [1.54, 1.807) is 23.8 Å². The summed E-state index contributed by atoms with van der Waals surface area (Å²) in [6.07, 6.45) is 2.51. The number of aromatic nitrogens is 2. The van der Waals surface area contributed by atoms with Crippen molar-refractivity contribution in [1.82, 2.24) is 14.9 Å². The third-order valence-corrected chi connectivity index (χ3v) is 6.69. The summed E-state index contributed by atoms with van der Waals surface area (Å²) < 4.78 is 17.5. The third-order valence-electron chi connectivity index (χ3n) is 5.69. The number of methoxy groups -OCH3 is 1. The van der Waals surface area contributed by atoms with Gasteiger partial charge >= 0.3 is 0 Å². The molecule has 0 unspecified atom stereocenters. The maximum absolute atomic E-state index is 13.3. The molecule has 10 nitrogen and oxygen atoms in total. The van der Waals surface area contributed by atoms with Crippen LogP contribution in [-0.2, 0) is 22.7 Å². The van der Waals surface area contributed by atoms with Crippen LogP contribution in [0.1, 0.15) is 31.2 Å². The van der Waals surface area contributed by atoms with E-state index < -0.39 is 5.91 Å². The zero-order chi connectivity index (χ0) is 25.5. The summed E-state index contributed by atoms with van der Waals surface area (Å²) in [4.78, 5) is 41.4. The van der Waals surface area contributed by atoms with Crippen molar-refractivity contribution in [3.8, 4) is 17.2 Å². The van der Waals surface area contributed by atoms with Crippen LogP contribution < -0.4 is 30.8 Å². The third kappa shape index (κ3) is 6.28. The minimum atomic E-state index is -0.493. The number of nitrogens with two attached hydrogens (primary N) is 1. The summed E-state index contributed by atoms with van der Waals surface area (Å²) in [7, 11) is 1.61. The van der Waals surface area contributed by atoms with E-state index >= 15 is 0 Å². The van der Waals surface area contributed by atoms with E-state index in [4.69, 9.17) is 19.9 Å². The number of nitrogens with zero attached hydrogens (tertiary/aromatic N) is 2. The van der Waals surface area contributed by atoms with Gasteiger partial charge < -0.3 is 25.3 Å². The second-order valence-electron chi connectivity index (χ2n) is 8.26. The molecule has 0 aliphatic carbocycles. The van der Waals surface area contributed by atoms with Gasteiger partial charge in [0.15, 0.2) is 16.7 Å². The summed E-state index contributed by atoms with van der Waals surface area (Å²) in [5.41, 5.74) is 6.55. The summed E-state index contributed by atoms with van der Waals surface area (Å²) >= 11 is 1.13. The van der Waals surface area contributed by atoms with Crippen molar-refractivity contribution in [2.24, 2.45) is 5.73 Å². The number of amides is 2. The van der Waals surface area contributed by atoms with Gasteiger partial charge in [0.1, 0.15) is 5.75 Å². The molecule has 2 heterocycles. The predicted octanol–water partition coefficient (Wildman–Crippen LogP) is 2.59. The fourth-order valence-electron chi connectivity index (χ4n) is 3.80. The van der Waals surface area contributed by atoms with Crippen LogP contribution in [0.5, 0.6) is 17.2 Å². The number of carbonyl (C=O) groups is 2. The molecule has 0 atom stereocenters. The highest BCUT2D eigenvalue weighted by molar-refractivity contribution is 7.99. The lowest BCUT2D eigenvalue weighted by molar-refractivity contribution is -0.121. The average molecular weight is 513 g/mol. The number of ether oxygens (including phenoxy) is 3. The number of primary amides is 1. The van der Waals surface area contributed by atoms with Crippen molar-refractivity contribution < 1.29 is 23.8 Å². The smallest absolute Gasteiger partial charge is 0.262 e. The van der Waals surface area contributed by atoms with E-state index in [0.717, 1.165) is 29.5 Å². The van der Waals surface area contributed by atoms with Crippen LogP contribution in [0.25, 0.3) is 10.9 Å². The number of rotatable bonds is 12. The molecule has 1 aromatic heterocycles. The van der Waals surface area contributed by atoms with E-state index in [0.29, 0.717) is 59.9 Å². The molecule has 1 aliphatic heterocycles. The molecule has 2 amide bonds. The summed E-state index contributed by atoms with van der Waals surface area (Å²) in [6, 6.07) is 10.8. The monoisotopic (exact) mass is 512 g/mol. The molecular weight excluding hydrogens is 484 g/mol. The van der Waals surface area contributed by atoms with Crippen LogP contribution in [0.3, 0.4) is 0 Å². The minimum Gasteiger partial charge on any atom is -0.497 e. The topological polar surface area (TPSA) is 135 Å². The molecule has 11 heteroatoms. The first-order valence-corrected chi connectivity index (χ1v) is 12.6. The Kier molecular flexibility index (Phi) is 8.32. The van der Waals surface area contributed by atoms with Crippen LogP contribution in [0.4, 0.5) is 0 Å². The maximum atomic E-state index is 13.3. The van der Waals surface area contributed by atoms with Crippen molar-refractivity contribution in [2.75, 3.05) is 19.7 Å². The van der Waals surface area contributed by atoms with Crippen LogP contribution in [0.15, 0.2) is 46.3 Å². The molecule has 1 aliphatic rings. The molecule has 3 N–H and O–H groups in total. The zero-order valence-corrected chi connectivity index (χ0v) is 20.8. The summed E-state index contributed by atoms with van der Waals surface area (Å²) in [5, 5.41) is 3.75. The highest BCUT2D eigenvalue weighted by Crippen LogP contribution is 2.35. The van der Waals surface area contributed by atoms with Crippen LogP contribution in [0, 0.1) is 0 Å². The van der Waals surface area contributed by atoms with Gasteiger partial charge in [-0.15, -0.1) is 0 Å². The van der Waals surface area contributed by atoms with Gasteiger partial charge in [0.2, 0.25) is 18.6 Å². The van der Waals surface area contributed by atoms with Gasteiger partial charge in [-0.05, 0) is 36.6 Å². The fraction of sp³-hybridized carbons (Fsp3) is 0.360. The summed E-state index contributed by atoms with van der Waals surface area (Å²) in [6.45, 7) is 0.960. The van der Waals surface area contributed by atoms with E-state index in [2.05, 4.69) is 10.3 Å². The molecule has 0 spiro atoms. The van der Waals surface area contributed by atoms with Gasteiger partial charge in [0.05, 0.1) is 23.8 Å². The standard InChI is InChI=1S/C25H28N4O6S/c1-33-17-8-6-16(7-9-17)13-27-23(31)5-3-2-4-10-29-24(32)18-11-20-21(35-15-34-20)12-19(18)28-25(29)36-14-22(26)30/h6-9,11-12H,2-5,10,13-15H2,1H3,(H2,26,30)(H,27,31). The van der Waals surface area contributed by atoms with Crippen LogP contribution in [-0.4, -0.2) is 41.0 Å².